The van der Waals surface area contributed by atoms with Crippen LogP contribution in [0.1, 0.15) is 13.8 Å². The molecule has 1 aliphatic heterocycles. The molecule has 0 bridgehead atoms. The lowest BCUT2D eigenvalue weighted by Gasteiger charge is -2.11. The molecule has 0 radical (unpaired) electrons. The Kier molecular flexibility index (Phi) is 1.16. The molecular weight excluding hydrogens is 104 g/mol. The summed E-state index contributed by atoms with van der Waals surface area (Å²) in [4.78, 5) is 0. The van der Waals surface area contributed by atoms with Gasteiger partial charge < -0.3 is 0 Å². The molecule has 1 heterocycles. The monoisotopic (exact) mass is 114 g/mol. The predicted octanol–water partition coefficient (Wildman–Crippen LogP) is 2.07. The largest absolute Gasteiger partial charge is 0.147 e. The molecule has 1 rings (SSSR count). The van der Waals surface area contributed by atoms with Crippen molar-refractivity contribution in [2.24, 2.45) is 0 Å². The second kappa shape index (κ2) is 1.55. The van der Waals surface area contributed by atoms with E-state index in [1.807, 2.05) is 11.8 Å². The molecule has 0 N–H and O–H groups in total. The quantitative estimate of drug-likeness (QED) is 0.434. The van der Waals surface area contributed by atoms with Crippen LogP contribution in [-0.4, -0.2) is 10.5 Å². The fraction of sp³-hybridized carbons (Fsp3) is 0.667. The Morgan fingerprint density at radius 2 is 2.29 bits per heavy atom. The Balaban J connectivity index is 2.57. The smallest absolute Gasteiger partial charge is 0.0285 e. The molecule has 0 aromatic rings. The van der Waals surface area contributed by atoms with Gasteiger partial charge in [-0.05, 0) is 13.8 Å². The molecule has 0 spiro atoms. The lowest BCUT2D eigenvalue weighted by Crippen LogP contribution is -2.04. The summed E-state index contributed by atoms with van der Waals surface area (Å²) in [5.74, 6) is 1.20. The van der Waals surface area contributed by atoms with Gasteiger partial charge in [-0.1, -0.05) is 12.2 Å². The Morgan fingerprint density at radius 1 is 1.57 bits per heavy atom. The SMILES string of the molecule is CC1(C)C=CCS1. The van der Waals surface area contributed by atoms with E-state index in [2.05, 4.69) is 26.0 Å². The molecule has 0 atom stereocenters. The van der Waals surface area contributed by atoms with E-state index in [4.69, 9.17) is 0 Å². The minimum absolute atomic E-state index is 0.431. The molecule has 1 heteroatoms. The van der Waals surface area contributed by atoms with Crippen molar-refractivity contribution in [3.63, 3.8) is 0 Å². The summed E-state index contributed by atoms with van der Waals surface area (Å²) in [5.41, 5.74) is 0. The molecule has 0 saturated heterocycles. The third kappa shape index (κ3) is 1.23. The van der Waals surface area contributed by atoms with Crippen molar-refractivity contribution in [2.45, 2.75) is 18.6 Å². The van der Waals surface area contributed by atoms with E-state index in [9.17, 15) is 0 Å². The molecular formula is C6H10S. The van der Waals surface area contributed by atoms with Gasteiger partial charge in [0, 0.05) is 10.5 Å². The maximum Gasteiger partial charge on any atom is 0.0285 e. The molecule has 7 heavy (non-hydrogen) atoms. The molecule has 0 aromatic carbocycles. The van der Waals surface area contributed by atoms with Gasteiger partial charge in [-0.25, -0.2) is 0 Å². The van der Waals surface area contributed by atoms with Crippen molar-refractivity contribution in [1.29, 1.82) is 0 Å². The van der Waals surface area contributed by atoms with E-state index in [-0.39, 0.29) is 0 Å². The number of rotatable bonds is 0. The number of hydrogen-bond acceptors (Lipinski definition) is 1. The van der Waals surface area contributed by atoms with Gasteiger partial charge in [0.1, 0.15) is 0 Å². The van der Waals surface area contributed by atoms with Crippen LogP contribution in [0, 0.1) is 0 Å². The number of thioether (sulfide) groups is 1. The van der Waals surface area contributed by atoms with Gasteiger partial charge in [-0.2, -0.15) is 0 Å². The van der Waals surface area contributed by atoms with Gasteiger partial charge in [0.15, 0.2) is 0 Å². The van der Waals surface area contributed by atoms with Crippen LogP contribution >= 0.6 is 11.8 Å². The summed E-state index contributed by atoms with van der Waals surface area (Å²) in [6.07, 6.45) is 4.49. The maximum atomic E-state index is 2.26. The van der Waals surface area contributed by atoms with Gasteiger partial charge in [0.05, 0.1) is 0 Å². The van der Waals surface area contributed by atoms with E-state index in [1.54, 1.807) is 0 Å². The van der Waals surface area contributed by atoms with Crippen LogP contribution in [0.5, 0.6) is 0 Å². The molecule has 40 valence electrons. The van der Waals surface area contributed by atoms with Crippen molar-refractivity contribution in [3.8, 4) is 0 Å². The van der Waals surface area contributed by atoms with E-state index in [0.717, 1.165) is 0 Å². The van der Waals surface area contributed by atoms with E-state index in [1.165, 1.54) is 5.75 Å². The summed E-state index contributed by atoms with van der Waals surface area (Å²) >= 11 is 1.99. The first-order valence-electron chi connectivity index (χ1n) is 2.52. The summed E-state index contributed by atoms with van der Waals surface area (Å²) < 4.78 is 0.431. The highest BCUT2D eigenvalue weighted by Crippen LogP contribution is 2.30. The van der Waals surface area contributed by atoms with E-state index < -0.39 is 0 Å². The Hall–Kier alpha value is 0.0900. The average Bonchev–Trinajstić information content (AvgIpc) is 1.84. The Bertz CT molecular complexity index is 92.4. The van der Waals surface area contributed by atoms with Crippen LogP contribution < -0.4 is 0 Å². The highest BCUT2D eigenvalue weighted by atomic mass is 32.2. The van der Waals surface area contributed by atoms with Crippen LogP contribution in [-0.2, 0) is 0 Å². The second-order valence-corrected chi connectivity index (χ2v) is 3.99. The van der Waals surface area contributed by atoms with Gasteiger partial charge >= 0.3 is 0 Å². The van der Waals surface area contributed by atoms with Crippen LogP contribution in [0.25, 0.3) is 0 Å². The highest BCUT2D eigenvalue weighted by Gasteiger charge is 2.16. The second-order valence-electron chi connectivity index (χ2n) is 2.32. The molecule has 0 amide bonds. The fourth-order valence-electron chi connectivity index (χ4n) is 0.643. The van der Waals surface area contributed by atoms with E-state index >= 15 is 0 Å². The molecule has 0 nitrogen and oxygen atoms in total. The molecule has 1 aliphatic rings. The zero-order chi connectivity index (χ0) is 5.33. The fourth-order valence-corrected chi connectivity index (χ4v) is 1.46. The van der Waals surface area contributed by atoms with Crippen LogP contribution in [0.4, 0.5) is 0 Å². The molecule has 0 saturated carbocycles. The van der Waals surface area contributed by atoms with Crippen molar-refractivity contribution < 1.29 is 0 Å². The lowest BCUT2D eigenvalue weighted by molar-refractivity contribution is 0.911. The van der Waals surface area contributed by atoms with Crippen molar-refractivity contribution in [1.82, 2.24) is 0 Å². The minimum atomic E-state index is 0.431. The molecule has 0 fully saturated rings. The zero-order valence-corrected chi connectivity index (χ0v) is 5.59. The summed E-state index contributed by atoms with van der Waals surface area (Å²) in [5, 5.41) is 0. The van der Waals surface area contributed by atoms with Crippen LogP contribution in [0.15, 0.2) is 12.2 Å². The molecule has 0 aliphatic carbocycles. The zero-order valence-electron chi connectivity index (χ0n) is 4.77. The summed E-state index contributed by atoms with van der Waals surface area (Å²) in [6, 6.07) is 0. The predicted molar refractivity (Wildman–Crippen MR) is 35.7 cm³/mol. The first-order chi connectivity index (χ1) is 3.21. The third-order valence-corrected chi connectivity index (χ3v) is 2.31. The molecule has 0 aromatic heterocycles. The summed E-state index contributed by atoms with van der Waals surface area (Å²) in [7, 11) is 0. The van der Waals surface area contributed by atoms with Crippen molar-refractivity contribution in [3.05, 3.63) is 12.2 Å². The normalized spacial score (nSPS) is 26.0. The van der Waals surface area contributed by atoms with Crippen LogP contribution in [0.3, 0.4) is 0 Å². The van der Waals surface area contributed by atoms with Gasteiger partial charge in [0.2, 0.25) is 0 Å². The average molecular weight is 114 g/mol. The highest BCUT2D eigenvalue weighted by molar-refractivity contribution is 8.01. The Morgan fingerprint density at radius 3 is 2.43 bits per heavy atom. The lowest BCUT2D eigenvalue weighted by atomic mass is 10.2. The molecule has 0 unspecified atom stereocenters. The van der Waals surface area contributed by atoms with Gasteiger partial charge in [-0.3, -0.25) is 0 Å². The topological polar surface area (TPSA) is 0 Å². The Labute approximate surface area is 49.0 Å². The first kappa shape index (κ1) is 5.23. The van der Waals surface area contributed by atoms with Crippen LogP contribution in [0.2, 0.25) is 0 Å². The summed E-state index contributed by atoms with van der Waals surface area (Å²) in [6.45, 7) is 4.47. The standard InChI is InChI=1S/C6H10S/c1-6(2)4-3-5-7-6/h3-4H,5H2,1-2H3. The van der Waals surface area contributed by atoms with Gasteiger partial charge in [-0.15, -0.1) is 11.8 Å². The van der Waals surface area contributed by atoms with Crippen molar-refractivity contribution in [2.75, 3.05) is 5.75 Å². The maximum absolute atomic E-state index is 2.26. The van der Waals surface area contributed by atoms with Gasteiger partial charge in [0.25, 0.3) is 0 Å². The minimum Gasteiger partial charge on any atom is -0.147 e. The van der Waals surface area contributed by atoms with Crippen molar-refractivity contribution >= 4 is 11.8 Å². The third-order valence-electron chi connectivity index (χ3n) is 1.07. The van der Waals surface area contributed by atoms with E-state index in [0.29, 0.717) is 4.75 Å². The first-order valence-corrected chi connectivity index (χ1v) is 3.51. The number of hydrogen-bond donors (Lipinski definition) is 0.